The summed E-state index contributed by atoms with van der Waals surface area (Å²) in [7, 11) is 4.09. The zero-order valence-corrected chi connectivity index (χ0v) is 8.80. The van der Waals surface area contributed by atoms with Gasteiger partial charge in [0.05, 0.1) is 6.07 Å². The SMILES string of the molecule is CN(C)CCNC(C)(C#N)C1CC1. The summed E-state index contributed by atoms with van der Waals surface area (Å²) < 4.78 is 0. The van der Waals surface area contributed by atoms with Gasteiger partial charge >= 0.3 is 0 Å². The van der Waals surface area contributed by atoms with Crippen LogP contribution in [0.1, 0.15) is 19.8 Å². The van der Waals surface area contributed by atoms with Gasteiger partial charge in [0.15, 0.2) is 0 Å². The average Bonchev–Trinajstić information content (AvgIpc) is 2.85. The molecule has 0 bridgehead atoms. The molecule has 0 aromatic heterocycles. The van der Waals surface area contributed by atoms with E-state index in [2.05, 4.69) is 16.3 Å². The van der Waals surface area contributed by atoms with E-state index in [0.717, 1.165) is 13.1 Å². The number of nitrogens with one attached hydrogen (secondary N) is 1. The molecule has 74 valence electrons. The Balaban J connectivity index is 2.28. The number of rotatable bonds is 5. The van der Waals surface area contributed by atoms with Crippen molar-refractivity contribution in [1.29, 1.82) is 5.26 Å². The van der Waals surface area contributed by atoms with Crippen LogP contribution >= 0.6 is 0 Å². The normalized spacial score (nSPS) is 21.2. The van der Waals surface area contributed by atoms with Crippen LogP contribution in [0.5, 0.6) is 0 Å². The van der Waals surface area contributed by atoms with E-state index in [1.807, 2.05) is 21.0 Å². The highest BCUT2D eigenvalue weighted by Crippen LogP contribution is 2.38. The van der Waals surface area contributed by atoms with Gasteiger partial charge in [-0.3, -0.25) is 5.32 Å². The Kier molecular flexibility index (Phi) is 3.29. The van der Waals surface area contributed by atoms with Gasteiger partial charge in [0.2, 0.25) is 0 Å². The Bertz CT molecular complexity index is 203. The summed E-state index contributed by atoms with van der Waals surface area (Å²) in [5.74, 6) is 0.583. The molecule has 0 aromatic rings. The fourth-order valence-corrected chi connectivity index (χ4v) is 1.48. The van der Waals surface area contributed by atoms with Crippen LogP contribution in [0, 0.1) is 17.2 Å². The summed E-state index contributed by atoms with van der Waals surface area (Å²) in [4.78, 5) is 2.12. The van der Waals surface area contributed by atoms with Crippen molar-refractivity contribution in [1.82, 2.24) is 10.2 Å². The van der Waals surface area contributed by atoms with Crippen LogP contribution in [-0.2, 0) is 0 Å². The van der Waals surface area contributed by atoms with Gasteiger partial charge in [0.1, 0.15) is 5.54 Å². The highest BCUT2D eigenvalue weighted by atomic mass is 15.1. The van der Waals surface area contributed by atoms with Crippen LogP contribution in [0.3, 0.4) is 0 Å². The molecule has 1 atom stereocenters. The van der Waals surface area contributed by atoms with Crippen molar-refractivity contribution in [3.05, 3.63) is 0 Å². The average molecular weight is 181 g/mol. The van der Waals surface area contributed by atoms with E-state index in [9.17, 15) is 0 Å². The van der Waals surface area contributed by atoms with Gasteiger partial charge in [-0.2, -0.15) is 5.26 Å². The summed E-state index contributed by atoms with van der Waals surface area (Å²) in [5.41, 5.74) is -0.282. The van der Waals surface area contributed by atoms with Crippen LogP contribution < -0.4 is 5.32 Å². The van der Waals surface area contributed by atoms with Gasteiger partial charge in [0.25, 0.3) is 0 Å². The molecule has 13 heavy (non-hydrogen) atoms. The topological polar surface area (TPSA) is 39.1 Å². The Morgan fingerprint density at radius 1 is 1.54 bits per heavy atom. The zero-order valence-electron chi connectivity index (χ0n) is 8.80. The molecular formula is C10H19N3. The maximum Gasteiger partial charge on any atom is 0.106 e. The molecule has 0 heterocycles. The molecule has 1 aliphatic carbocycles. The molecule has 1 rings (SSSR count). The molecule has 1 saturated carbocycles. The minimum Gasteiger partial charge on any atom is -0.308 e. The van der Waals surface area contributed by atoms with Crippen LogP contribution in [-0.4, -0.2) is 37.6 Å². The highest BCUT2D eigenvalue weighted by Gasteiger charge is 2.41. The molecule has 1 aliphatic rings. The maximum atomic E-state index is 9.03. The lowest BCUT2D eigenvalue weighted by Crippen LogP contribution is -2.45. The second-order valence-electron chi connectivity index (χ2n) is 4.32. The first-order valence-corrected chi connectivity index (χ1v) is 4.89. The van der Waals surface area contributed by atoms with Crippen LogP contribution in [0.2, 0.25) is 0 Å². The van der Waals surface area contributed by atoms with Gasteiger partial charge in [-0.1, -0.05) is 0 Å². The molecule has 0 aromatic carbocycles. The number of hydrogen-bond donors (Lipinski definition) is 1. The zero-order chi connectivity index (χ0) is 9.90. The molecule has 1 fully saturated rings. The quantitative estimate of drug-likeness (QED) is 0.683. The fraction of sp³-hybridized carbons (Fsp3) is 0.900. The fourth-order valence-electron chi connectivity index (χ4n) is 1.48. The number of nitriles is 1. The molecule has 1 N–H and O–H groups in total. The molecule has 3 heteroatoms. The van der Waals surface area contributed by atoms with E-state index in [1.54, 1.807) is 0 Å². The monoisotopic (exact) mass is 181 g/mol. The standard InChI is InChI=1S/C10H19N3/c1-10(8-11,9-4-5-9)12-6-7-13(2)3/h9,12H,4-7H2,1-3H3. The molecule has 0 saturated heterocycles. The van der Waals surface area contributed by atoms with E-state index in [4.69, 9.17) is 5.26 Å². The predicted molar refractivity (Wildman–Crippen MR) is 53.3 cm³/mol. The van der Waals surface area contributed by atoms with Gasteiger partial charge in [0, 0.05) is 13.1 Å². The largest absolute Gasteiger partial charge is 0.308 e. The lowest BCUT2D eigenvalue weighted by Gasteiger charge is -2.23. The number of nitrogens with zero attached hydrogens (tertiary/aromatic N) is 2. The molecule has 1 unspecified atom stereocenters. The Hall–Kier alpha value is -0.590. The van der Waals surface area contributed by atoms with E-state index >= 15 is 0 Å². The van der Waals surface area contributed by atoms with Gasteiger partial charge in [-0.15, -0.1) is 0 Å². The minimum atomic E-state index is -0.282. The van der Waals surface area contributed by atoms with Crippen LogP contribution in [0.15, 0.2) is 0 Å². The predicted octanol–water partition coefficient (Wildman–Crippen LogP) is 0.830. The molecule has 0 spiro atoms. The van der Waals surface area contributed by atoms with Gasteiger partial charge in [-0.05, 0) is 39.8 Å². The third-order valence-electron chi connectivity index (χ3n) is 2.68. The smallest absolute Gasteiger partial charge is 0.106 e. The summed E-state index contributed by atoms with van der Waals surface area (Å²) >= 11 is 0. The Morgan fingerprint density at radius 3 is 2.54 bits per heavy atom. The van der Waals surface area contributed by atoms with Crippen molar-refractivity contribution >= 4 is 0 Å². The lowest BCUT2D eigenvalue weighted by molar-refractivity contribution is 0.344. The van der Waals surface area contributed by atoms with Gasteiger partial charge < -0.3 is 4.90 Å². The van der Waals surface area contributed by atoms with E-state index in [1.165, 1.54) is 12.8 Å². The lowest BCUT2D eigenvalue weighted by atomic mass is 9.98. The summed E-state index contributed by atoms with van der Waals surface area (Å²) in [6.45, 7) is 3.90. The second kappa shape index (κ2) is 4.08. The highest BCUT2D eigenvalue weighted by molar-refractivity contribution is 5.12. The summed E-state index contributed by atoms with van der Waals surface area (Å²) in [5, 5.41) is 12.4. The third-order valence-corrected chi connectivity index (χ3v) is 2.68. The first-order chi connectivity index (χ1) is 6.08. The third kappa shape index (κ3) is 2.98. The van der Waals surface area contributed by atoms with Crippen molar-refractivity contribution < 1.29 is 0 Å². The molecular weight excluding hydrogens is 162 g/mol. The van der Waals surface area contributed by atoms with E-state index in [0.29, 0.717) is 5.92 Å². The Labute approximate surface area is 80.7 Å². The van der Waals surface area contributed by atoms with Crippen molar-refractivity contribution in [3.63, 3.8) is 0 Å². The molecule has 3 nitrogen and oxygen atoms in total. The van der Waals surface area contributed by atoms with Crippen molar-refractivity contribution in [3.8, 4) is 6.07 Å². The second-order valence-corrected chi connectivity index (χ2v) is 4.32. The van der Waals surface area contributed by atoms with E-state index < -0.39 is 0 Å². The van der Waals surface area contributed by atoms with E-state index in [-0.39, 0.29) is 5.54 Å². The number of hydrogen-bond acceptors (Lipinski definition) is 3. The van der Waals surface area contributed by atoms with Gasteiger partial charge in [-0.25, -0.2) is 0 Å². The molecule has 0 amide bonds. The molecule has 0 radical (unpaired) electrons. The van der Waals surface area contributed by atoms with Crippen molar-refractivity contribution in [2.75, 3.05) is 27.2 Å². The van der Waals surface area contributed by atoms with Crippen molar-refractivity contribution in [2.45, 2.75) is 25.3 Å². The first kappa shape index (κ1) is 10.5. The Morgan fingerprint density at radius 2 is 2.15 bits per heavy atom. The number of likely N-dealkylation sites (N-methyl/N-ethyl adjacent to an activating group) is 1. The van der Waals surface area contributed by atoms with Crippen LogP contribution in [0.4, 0.5) is 0 Å². The van der Waals surface area contributed by atoms with Crippen LogP contribution in [0.25, 0.3) is 0 Å². The minimum absolute atomic E-state index is 0.282. The summed E-state index contributed by atoms with van der Waals surface area (Å²) in [6, 6.07) is 2.38. The maximum absolute atomic E-state index is 9.03. The van der Waals surface area contributed by atoms with Crippen molar-refractivity contribution in [2.24, 2.45) is 5.92 Å². The molecule has 0 aliphatic heterocycles. The first-order valence-electron chi connectivity index (χ1n) is 4.89. The summed E-state index contributed by atoms with van der Waals surface area (Å²) in [6.07, 6.45) is 2.41.